The molecule has 0 unspecified atom stereocenters. The van der Waals surface area contributed by atoms with E-state index in [9.17, 15) is 4.79 Å². The lowest BCUT2D eigenvalue weighted by molar-refractivity contribution is 0.206. The molecule has 0 bridgehead atoms. The predicted octanol–water partition coefficient (Wildman–Crippen LogP) is 1.42. The molecular formula is C15H21N3O2. The highest BCUT2D eigenvalue weighted by atomic mass is 16.3. The first-order valence-electron chi connectivity index (χ1n) is 6.81. The Balaban J connectivity index is 2.06. The summed E-state index contributed by atoms with van der Waals surface area (Å²) < 4.78 is 0. The van der Waals surface area contributed by atoms with E-state index < -0.39 is 0 Å². The molecule has 1 aromatic heterocycles. The zero-order valence-corrected chi connectivity index (χ0v) is 11.9. The van der Waals surface area contributed by atoms with Crippen molar-refractivity contribution in [1.82, 2.24) is 15.3 Å². The number of nitrogens with one attached hydrogen (secondary N) is 2. The molecule has 0 aliphatic rings. The van der Waals surface area contributed by atoms with E-state index in [2.05, 4.69) is 29.1 Å². The van der Waals surface area contributed by atoms with Crippen LogP contribution in [-0.4, -0.2) is 28.2 Å². The monoisotopic (exact) mass is 275 g/mol. The summed E-state index contributed by atoms with van der Waals surface area (Å²) in [7, 11) is 0. The van der Waals surface area contributed by atoms with Gasteiger partial charge in [-0.3, -0.25) is 4.79 Å². The highest BCUT2D eigenvalue weighted by Crippen LogP contribution is 2.18. The van der Waals surface area contributed by atoms with Crippen LogP contribution in [0.5, 0.6) is 0 Å². The molecule has 5 nitrogen and oxygen atoms in total. The number of hydrogen-bond acceptors (Lipinski definition) is 4. The molecule has 0 fully saturated rings. The number of fused-ring (bicyclic) bond motifs is 1. The van der Waals surface area contributed by atoms with Crippen LogP contribution in [0.2, 0.25) is 0 Å². The van der Waals surface area contributed by atoms with Crippen molar-refractivity contribution in [1.29, 1.82) is 0 Å². The summed E-state index contributed by atoms with van der Waals surface area (Å²) in [5.74, 6) is 0.633. The van der Waals surface area contributed by atoms with Crippen LogP contribution < -0.4 is 10.9 Å². The fourth-order valence-corrected chi connectivity index (χ4v) is 2.13. The van der Waals surface area contributed by atoms with Gasteiger partial charge in [0.2, 0.25) is 0 Å². The molecule has 20 heavy (non-hydrogen) atoms. The normalized spacial score (nSPS) is 11.9. The number of para-hydroxylation sites is 1. The fourth-order valence-electron chi connectivity index (χ4n) is 2.13. The van der Waals surface area contributed by atoms with E-state index in [1.807, 2.05) is 18.2 Å². The van der Waals surface area contributed by atoms with Gasteiger partial charge < -0.3 is 15.4 Å². The van der Waals surface area contributed by atoms with Gasteiger partial charge in [0.05, 0.1) is 17.4 Å². The summed E-state index contributed by atoms with van der Waals surface area (Å²) >= 11 is 0. The molecule has 5 heteroatoms. The fraction of sp³-hybridized carbons (Fsp3) is 0.467. The lowest BCUT2D eigenvalue weighted by atomic mass is 9.90. The van der Waals surface area contributed by atoms with E-state index >= 15 is 0 Å². The van der Waals surface area contributed by atoms with Gasteiger partial charge in [-0.2, -0.15) is 0 Å². The third-order valence-corrected chi connectivity index (χ3v) is 3.35. The first-order chi connectivity index (χ1) is 9.52. The van der Waals surface area contributed by atoms with Gasteiger partial charge >= 0.3 is 0 Å². The largest absolute Gasteiger partial charge is 0.396 e. The Kier molecular flexibility index (Phi) is 4.52. The molecule has 0 saturated heterocycles. The van der Waals surface area contributed by atoms with Gasteiger partial charge in [0.25, 0.3) is 5.56 Å². The summed E-state index contributed by atoms with van der Waals surface area (Å²) in [6.45, 7) is 5.62. The van der Waals surface area contributed by atoms with Crippen LogP contribution in [-0.2, 0) is 6.54 Å². The minimum atomic E-state index is -0.109. The highest BCUT2D eigenvalue weighted by Gasteiger charge is 2.16. The second-order valence-electron chi connectivity index (χ2n) is 5.77. The molecule has 0 spiro atoms. The molecular weight excluding hydrogens is 254 g/mol. The Hall–Kier alpha value is -1.72. The van der Waals surface area contributed by atoms with Crippen LogP contribution >= 0.6 is 0 Å². The van der Waals surface area contributed by atoms with Crippen LogP contribution in [0.4, 0.5) is 0 Å². The number of nitrogens with zero attached hydrogens (tertiary/aromatic N) is 1. The maximum absolute atomic E-state index is 11.9. The molecule has 2 rings (SSSR count). The van der Waals surface area contributed by atoms with Crippen LogP contribution in [0.1, 0.15) is 26.1 Å². The molecule has 0 radical (unpaired) electrons. The molecule has 0 atom stereocenters. The minimum absolute atomic E-state index is 0.0197. The number of H-pyrrole nitrogens is 1. The number of rotatable bonds is 6. The number of aliphatic hydroxyl groups excluding tert-OH is 1. The third kappa shape index (κ3) is 3.65. The Bertz CT molecular complexity index is 634. The Morgan fingerprint density at radius 1 is 1.35 bits per heavy atom. The van der Waals surface area contributed by atoms with Gasteiger partial charge in [-0.1, -0.05) is 26.0 Å². The first-order valence-corrected chi connectivity index (χ1v) is 6.81. The van der Waals surface area contributed by atoms with Crippen molar-refractivity contribution in [3.05, 3.63) is 40.4 Å². The quantitative estimate of drug-likeness (QED) is 0.745. The summed E-state index contributed by atoms with van der Waals surface area (Å²) in [4.78, 5) is 19.1. The van der Waals surface area contributed by atoms with E-state index in [1.54, 1.807) is 6.07 Å². The van der Waals surface area contributed by atoms with Gasteiger partial charge in [0.1, 0.15) is 5.82 Å². The van der Waals surface area contributed by atoms with E-state index in [1.165, 1.54) is 0 Å². The number of aromatic amines is 1. The maximum atomic E-state index is 11.9. The van der Waals surface area contributed by atoms with Gasteiger partial charge in [-0.05, 0) is 24.0 Å². The summed E-state index contributed by atoms with van der Waals surface area (Å²) in [6, 6.07) is 7.30. The molecule has 0 aliphatic carbocycles. The van der Waals surface area contributed by atoms with Gasteiger partial charge in [0.15, 0.2) is 0 Å². The Morgan fingerprint density at radius 3 is 2.85 bits per heavy atom. The van der Waals surface area contributed by atoms with Crippen molar-refractivity contribution in [3.8, 4) is 0 Å². The van der Waals surface area contributed by atoms with Crippen LogP contribution in [0.3, 0.4) is 0 Å². The topological polar surface area (TPSA) is 78.0 Å². The highest BCUT2D eigenvalue weighted by molar-refractivity contribution is 5.77. The van der Waals surface area contributed by atoms with Crippen LogP contribution in [0.25, 0.3) is 10.9 Å². The zero-order chi connectivity index (χ0) is 14.6. The molecule has 2 aromatic rings. The minimum Gasteiger partial charge on any atom is -0.396 e. The van der Waals surface area contributed by atoms with Crippen molar-refractivity contribution < 1.29 is 5.11 Å². The predicted molar refractivity (Wildman–Crippen MR) is 79.6 cm³/mol. The van der Waals surface area contributed by atoms with Gasteiger partial charge in [-0.15, -0.1) is 0 Å². The van der Waals surface area contributed by atoms with E-state index in [0.29, 0.717) is 23.3 Å². The summed E-state index contributed by atoms with van der Waals surface area (Å²) in [5.41, 5.74) is 0.621. The lowest BCUT2D eigenvalue weighted by Gasteiger charge is -2.23. The van der Waals surface area contributed by atoms with Crippen molar-refractivity contribution in [2.24, 2.45) is 5.41 Å². The zero-order valence-electron chi connectivity index (χ0n) is 11.9. The molecule has 0 amide bonds. The number of hydrogen-bond donors (Lipinski definition) is 3. The second-order valence-corrected chi connectivity index (χ2v) is 5.77. The van der Waals surface area contributed by atoms with Crippen molar-refractivity contribution in [3.63, 3.8) is 0 Å². The smallest absolute Gasteiger partial charge is 0.258 e. The lowest BCUT2D eigenvalue weighted by Crippen LogP contribution is -2.31. The molecule has 0 aliphatic heterocycles. The number of benzene rings is 1. The Labute approximate surface area is 118 Å². The SMILES string of the molecule is CC(C)(CCO)CNCc1nc2ccccc2c(=O)[nH]1. The van der Waals surface area contributed by atoms with Gasteiger partial charge in [0, 0.05) is 13.2 Å². The van der Waals surface area contributed by atoms with Crippen LogP contribution in [0.15, 0.2) is 29.1 Å². The van der Waals surface area contributed by atoms with Crippen molar-refractivity contribution in [2.75, 3.05) is 13.2 Å². The Morgan fingerprint density at radius 2 is 2.10 bits per heavy atom. The summed E-state index contributed by atoms with van der Waals surface area (Å²) in [5, 5.41) is 12.9. The van der Waals surface area contributed by atoms with E-state index in [4.69, 9.17) is 5.11 Å². The van der Waals surface area contributed by atoms with E-state index in [0.717, 1.165) is 13.0 Å². The first kappa shape index (κ1) is 14.7. The average Bonchev–Trinajstić information content (AvgIpc) is 2.38. The molecule has 1 heterocycles. The molecule has 3 N–H and O–H groups in total. The van der Waals surface area contributed by atoms with Crippen LogP contribution in [0, 0.1) is 5.41 Å². The number of aliphatic hydroxyl groups is 1. The molecule has 1 aromatic carbocycles. The molecule has 108 valence electrons. The van der Waals surface area contributed by atoms with Gasteiger partial charge in [-0.25, -0.2) is 4.98 Å². The standard InChI is InChI=1S/C15H21N3O2/c1-15(2,7-8-19)10-16-9-13-17-12-6-4-3-5-11(12)14(20)18-13/h3-6,16,19H,7-10H2,1-2H3,(H,17,18,20). The summed E-state index contributed by atoms with van der Waals surface area (Å²) in [6.07, 6.45) is 0.738. The third-order valence-electron chi connectivity index (χ3n) is 3.35. The van der Waals surface area contributed by atoms with Crippen molar-refractivity contribution in [2.45, 2.75) is 26.8 Å². The maximum Gasteiger partial charge on any atom is 0.258 e. The number of aromatic nitrogens is 2. The van der Waals surface area contributed by atoms with Crippen molar-refractivity contribution >= 4 is 10.9 Å². The second kappa shape index (κ2) is 6.15. The van der Waals surface area contributed by atoms with E-state index in [-0.39, 0.29) is 17.6 Å². The average molecular weight is 275 g/mol. The molecule has 0 saturated carbocycles.